The number of ether oxygens (including phenoxy) is 1. The molecule has 0 aromatic carbocycles. The van der Waals surface area contributed by atoms with Gasteiger partial charge in [-0.1, -0.05) is 6.07 Å². The van der Waals surface area contributed by atoms with Crippen LogP contribution in [-0.2, 0) is 11.3 Å². The first-order valence-corrected chi connectivity index (χ1v) is 6.79. The van der Waals surface area contributed by atoms with Crippen LogP contribution in [0.2, 0.25) is 0 Å². The fourth-order valence-electron chi connectivity index (χ4n) is 2.05. The molecule has 2 aromatic heterocycles. The molecule has 0 unspecified atom stereocenters. The lowest BCUT2D eigenvalue weighted by atomic mass is 10.3. The van der Waals surface area contributed by atoms with Gasteiger partial charge in [0.1, 0.15) is 12.3 Å². The topological polar surface area (TPSA) is 79.2 Å². The summed E-state index contributed by atoms with van der Waals surface area (Å²) in [5.74, 6) is -0.440. The number of pyridine rings is 1. The van der Waals surface area contributed by atoms with E-state index >= 15 is 0 Å². The van der Waals surface area contributed by atoms with Gasteiger partial charge in [0.25, 0.3) is 5.56 Å². The summed E-state index contributed by atoms with van der Waals surface area (Å²) in [6.45, 7) is 4.37. The molecule has 0 aliphatic rings. The van der Waals surface area contributed by atoms with Gasteiger partial charge in [0.15, 0.2) is 0 Å². The smallest absolute Gasteiger partial charge is 0.355 e. The summed E-state index contributed by atoms with van der Waals surface area (Å²) in [7, 11) is 0. The second-order valence-electron chi connectivity index (χ2n) is 5.03. The van der Waals surface area contributed by atoms with Gasteiger partial charge in [-0.3, -0.25) is 4.79 Å². The van der Waals surface area contributed by atoms with Gasteiger partial charge in [0.05, 0.1) is 12.2 Å². The average molecular weight is 289 g/mol. The average Bonchev–Trinajstić information content (AvgIpc) is 2.83. The highest BCUT2D eigenvalue weighted by molar-refractivity contribution is 5.89. The minimum atomic E-state index is -0.440. The molecule has 21 heavy (non-hydrogen) atoms. The van der Waals surface area contributed by atoms with Gasteiger partial charge in [0.2, 0.25) is 0 Å². The monoisotopic (exact) mass is 289 g/mol. The maximum atomic E-state index is 12.1. The SMILES string of the molecule is CC(C)n1cc(N)cc1C(=O)OCCn1ccccc1=O. The lowest BCUT2D eigenvalue weighted by Gasteiger charge is -2.12. The van der Waals surface area contributed by atoms with Crippen LogP contribution in [0.5, 0.6) is 0 Å². The summed E-state index contributed by atoms with van der Waals surface area (Å²) in [6, 6.07) is 6.60. The van der Waals surface area contributed by atoms with Crippen LogP contribution in [0.4, 0.5) is 5.69 Å². The largest absolute Gasteiger partial charge is 0.459 e. The highest BCUT2D eigenvalue weighted by atomic mass is 16.5. The maximum Gasteiger partial charge on any atom is 0.355 e. The van der Waals surface area contributed by atoms with Gasteiger partial charge in [0, 0.05) is 24.5 Å². The number of carbonyl (C=O) groups is 1. The van der Waals surface area contributed by atoms with Crippen molar-refractivity contribution in [2.24, 2.45) is 0 Å². The number of aromatic nitrogens is 2. The molecular formula is C15H19N3O3. The molecule has 0 saturated heterocycles. The molecule has 0 amide bonds. The van der Waals surface area contributed by atoms with Gasteiger partial charge in [-0.25, -0.2) is 4.79 Å². The maximum absolute atomic E-state index is 12.1. The van der Waals surface area contributed by atoms with Crippen LogP contribution in [0, 0.1) is 0 Å². The zero-order valence-electron chi connectivity index (χ0n) is 12.2. The van der Waals surface area contributed by atoms with E-state index < -0.39 is 5.97 Å². The highest BCUT2D eigenvalue weighted by Gasteiger charge is 2.16. The number of hydrogen-bond donors (Lipinski definition) is 1. The zero-order valence-corrected chi connectivity index (χ0v) is 12.2. The molecule has 0 spiro atoms. The van der Waals surface area contributed by atoms with Crippen molar-refractivity contribution in [3.05, 3.63) is 52.7 Å². The van der Waals surface area contributed by atoms with Gasteiger partial charge < -0.3 is 19.6 Å². The second kappa shape index (κ2) is 6.30. The highest BCUT2D eigenvalue weighted by Crippen LogP contribution is 2.17. The summed E-state index contributed by atoms with van der Waals surface area (Å²) < 4.78 is 8.48. The Morgan fingerprint density at radius 1 is 1.38 bits per heavy atom. The van der Waals surface area contributed by atoms with Crippen molar-refractivity contribution in [1.82, 2.24) is 9.13 Å². The molecule has 0 aliphatic carbocycles. The van der Waals surface area contributed by atoms with Gasteiger partial charge >= 0.3 is 5.97 Å². The third-order valence-electron chi connectivity index (χ3n) is 3.10. The third kappa shape index (κ3) is 3.53. The number of nitrogens with zero attached hydrogens (tertiary/aromatic N) is 2. The van der Waals surface area contributed by atoms with Crippen LogP contribution in [-0.4, -0.2) is 21.7 Å². The summed E-state index contributed by atoms with van der Waals surface area (Å²) in [5, 5.41) is 0. The molecule has 6 heteroatoms. The number of esters is 1. The molecular weight excluding hydrogens is 270 g/mol. The Bertz CT molecular complexity index is 685. The number of nitrogen functional groups attached to an aromatic ring is 1. The standard InChI is InChI=1S/C15H19N3O3/c1-11(2)18-10-12(16)9-13(18)15(20)21-8-7-17-6-4-3-5-14(17)19/h3-6,9-11H,7-8,16H2,1-2H3. The van der Waals surface area contributed by atoms with Gasteiger partial charge in [-0.15, -0.1) is 0 Å². The molecule has 0 saturated carbocycles. The van der Waals surface area contributed by atoms with Crippen LogP contribution < -0.4 is 11.3 Å². The van der Waals surface area contributed by atoms with Crippen molar-refractivity contribution in [1.29, 1.82) is 0 Å². The summed E-state index contributed by atoms with van der Waals surface area (Å²) in [4.78, 5) is 23.6. The second-order valence-corrected chi connectivity index (χ2v) is 5.03. The fourth-order valence-corrected chi connectivity index (χ4v) is 2.05. The van der Waals surface area contributed by atoms with E-state index in [9.17, 15) is 9.59 Å². The number of nitrogens with two attached hydrogens (primary N) is 1. The first kappa shape index (κ1) is 14.9. The van der Waals surface area contributed by atoms with Crippen LogP contribution in [0.1, 0.15) is 30.4 Å². The van der Waals surface area contributed by atoms with Gasteiger partial charge in [-0.2, -0.15) is 0 Å². The van der Waals surface area contributed by atoms with E-state index in [0.717, 1.165) is 0 Å². The Morgan fingerprint density at radius 2 is 2.14 bits per heavy atom. The first-order chi connectivity index (χ1) is 9.99. The molecule has 0 radical (unpaired) electrons. The lowest BCUT2D eigenvalue weighted by Crippen LogP contribution is -2.22. The Labute approximate surface area is 122 Å². The van der Waals surface area contributed by atoms with Crippen molar-refractivity contribution in [3.63, 3.8) is 0 Å². The van der Waals surface area contributed by atoms with Gasteiger partial charge in [-0.05, 0) is 26.0 Å². The molecule has 2 aromatic rings. The Morgan fingerprint density at radius 3 is 2.81 bits per heavy atom. The van der Waals surface area contributed by atoms with E-state index in [1.54, 1.807) is 35.2 Å². The van der Waals surface area contributed by atoms with E-state index in [0.29, 0.717) is 17.9 Å². The predicted octanol–water partition coefficient (Wildman–Crippen LogP) is 1.67. The van der Waals surface area contributed by atoms with Crippen molar-refractivity contribution in [2.75, 3.05) is 12.3 Å². The van der Waals surface area contributed by atoms with Crippen molar-refractivity contribution < 1.29 is 9.53 Å². The number of anilines is 1. The summed E-state index contributed by atoms with van der Waals surface area (Å²) >= 11 is 0. The van der Waals surface area contributed by atoms with Crippen LogP contribution in [0.3, 0.4) is 0 Å². The third-order valence-corrected chi connectivity index (χ3v) is 3.10. The lowest BCUT2D eigenvalue weighted by molar-refractivity contribution is 0.0476. The first-order valence-electron chi connectivity index (χ1n) is 6.79. The Balaban J connectivity index is 2.00. The Hall–Kier alpha value is -2.50. The molecule has 6 nitrogen and oxygen atoms in total. The molecule has 2 rings (SSSR count). The minimum Gasteiger partial charge on any atom is -0.459 e. The molecule has 112 valence electrons. The van der Waals surface area contributed by atoms with Crippen LogP contribution in [0.15, 0.2) is 41.5 Å². The molecule has 2 heterocycles. The quantitative estimate of drug-likeness (QED) is 0.849. The van der Waals surface area contributed by atoms with E-state index in [4.69, 9.17) is 10.5 Å². The normalized spacial score (nSPS) is 10.8. The van der Waals surface area contributed by atoms with Crippen molar-refractivity contribution in [2.45, 2.75) is 26.4 Å². The van der Waals surface area contributed by atoms with Crippen LogP contribution in [0.25, 0.3) is 0 Å². The molecule has 0 bridgehead atoms. The molecule has 2 N–H and O–H groups in total. The van der Waals surface area contributed by atoms with E-state index in [-0.39, 0.29) is 18.2 Å². The summed E-state index contributed by atoms with van der Waals surface area (Å²) in [6.07, 6.45) is 3.37. The molecule has 0 fully saturated rings. The summed E-state index contributed by atoms with van der Waals surface area (Å²) in [5.41, 5.74) is 6.54. The number of hydrogen-bond acceptors (Lipinski definition) is 4. The van der Waals surface area contributed by atoms with Crippen LogP contribution >= 0.6 is 0 Å². The molecule has 0 aliphatic heterocycles. The predicted molar refractivity (Wildman–Crippen MR) is 80.2 cm³/mol. The number of carbonyl (C=O) groups excluding carboxylic acids is 1. The Kier molecular flexibility index (Phi) is 4.47. The van der Waals surface area contributed by atoms with E-state index in [1.165, 1.54) is 10.6 Å². The fraction of sp³-hybridized carbons (Fsp3) is 0.333. The zero-order chi connectivity index (χ0) is 15.4. The molecule has 0 atom stereocenters. The number of rotatable bonds is 5. The van der Waals surface area contributed by atoms with Crippen molar-refractivity contribution in [3.8, 4) is 0 Å². The minimum absolute atomic E-state index is 0.113. The van der Waals surface area contributed by atoms with E-state index in [2.05, 4.69) is 0 Å². The van der Waals surface area contributed by atoms with Crippen molar-refractivity contribution >= 4 is 11.7 Å². The van der Waals surface area contributed by atoms with E-state index in [1.807, 2.05) is 13.8 Å².